The molecule has 2 aromatic carbocycles. The molecule has 1 aliphatic heterocycles. The fourth-order valence-electron chi connectivity index (χ4n) is 2.19. The fourth-order valence-corrected chi connectivity index (χ4v) is 2.19. The normalized spacial score (nSPS) is 15.4. The molecule has 1 aliphatic rings. The molecule has 0 aliphatic carbocycles. The van der Waals surface area contributed by atoms with Crippen LogP contribution in [-0.2, 0) is 0 Å². The molecule has 19 heavy (non-hydrogen) atoms. The maximum Gasteiger partial charge on any atom is 0.232 e. The van der Waals surface area contributed by atoms with Crippen LogP contribution in [0.3, 0.4) is 0 Å². The van der Waals surface area contributed by atoms with Gasteiger partial charge in [-0.05, 0) is 30.2 Å². The van der Waals surface area contributed by atoms with Crippen molar-refractivity contribution in [3.8, 4) is 11.5 Å². The Balaban J connectivity index is 2.05. The molecular formula is C16H12O3. The van der Waals surface area contributed by atoms with E-state index in [0.717, 1.165) is 11.1 Å². The number of benzene rings is 2. The second-order valence-electron chi connectivity index (χ2n) is 4.49. The molecule has 0 bridgehead atoms. The Morgan fingerprint density at radius 3 is 2.63 bits per heavy atom. The average molecular weight is 252 g/mol. The van der Waals surface area contributed by atoms with Gasteiger partial charge in [0, 0.05) is 6.07 Å². The molecule has 3 rings (SSSR count). The van der Waals surface area contributed by atoms with Crippen molar-refractivity contribution in [2.45, 2.75) is 6.92 Å². The van der Waals surface area contributed by atoms with Crippen LogP contribution in [0.15, 0.2) is 48.2 Å². The van der Waals surface area contributed by atoms with Crippen LogP contribution in [0.4, 0.5) is 0 Å². The number of Topliss-reactive ketones (excluding diaryl/α,β-unsaturated/α-hetero) is 1. The summed E-state index contributed by atoms with van der Waals surface area (Å²) in [5.74, 6) is 0.668. The van der Waals surface area contributed by atoms with Crippen molar-refractivity contribution < 1.29 is 14.6 Å². The number of ketones is 1. The number of rotatable bonds is 1. The molecule has 0 saturated carbocycles. The van der Waals surface area contributed by atoms with Crippen molar-refractivity contribution in [3.05, 3.63) is 64.9 Å². The molecule has 2 aromatic rings. The van der Waals surface area contributed by atoms with Gasteiger partial charge < -0.3 is 9.84 Å². The molecule has 3 nitrogen and oxygen atoms in total. The number of aryl methyl sites for hydroxylation is 1. The molecule has 1 N–H and O–H groups in total. The maximum atomic E-state index is 12.3. The van der Waals surface area contributed by atoms with Crippen LogP contribution in [0.5, 0.6) is 11.5 Å². The monoisotopic (exact) mass is 252 g/mol. The minimum Gasteiger partial charge on any atom is -0.508 e. The summed E-state index contributed by atoms with van der Waals surface area (Å²) >= 11 is 0. The lowest BCUT2D eigenvalue weighted by Gasteiger charge is -2.00. The van der Waals surface area contributed by atoms with Gasteiger partial charge in [0.15, 0.2) is 5.76 Å². The van der Waals surface area contributed by atoms with Crippen LogP contribution in [0, 0.1) is 6.92 Å². The van der Waals surface area contributed by atoms with E-state index in [9.17, 15) is 9.90 Å². The van der Waals surface area contributed by atoms with Gasteiger partial charge in [-0.2, -0.15) is 0 Å². The summed E-state index contributed by atoms with van der Waals surface area (Å²) in [7, 11) is 0. The molecule has 0 spiro atoms. The highest BCUT2D eigenvalue weighted by Crippen LogP contribution is 2.36. The number of phenols is 1. The number of allylic oxidation sites excluding steroid dienone is 1. The summed E-state index contributed by atoms with van der Waals surface area (Å²) < 4.78 is 5.54. The van der Waals surface area contributed by atoms with Crippen molar-refractivity contribution in [3.63, 3.8) is 0 Å². The molecule has 0 fully saturated rings. The minimum atomic E-state index is -0.142. The van der Waals surface area contributed by atoms with Crippen LogP contribution in [0.2, 0.25) is 0 Å². The summed E-state index contributed by atoms with van der Waals surface area (Å²) in [4.78, 5) is 12.3. The summed E-state index contributed by atoms with van der Waals surface area (Å²) in [5, 5.41) is 9.53. The van der Waals surface area contributed by atoms with E-state index in [1.165, 1.54) is 6.07 Å². The van der Waals surface area contributed by atoms with Crippen LogP contribution in [0.1, 0.15) is 21.5 Å². The predicted octanol–water partition coefficient (Wildman–Crippen LogP) is 3.32. The number of carbonyl (C=O) groups excluding carboxylic acids is 1. The quantitative estimate of drug-likeness (QED) is 0.792. The lowest BCUT2D eigenvalue weighted by atomic mass is 10.0. The van der Waals surface area contributed by atoms with Crippen LogP contribution < -0.4 is 4.74 Å². The summed E-state index contributed by atoms with van der Waals surface area (Å²) in [6, 6.07) is 12.5. The zero-order chi connectivity index (χ0) is 13.4. The SMILES string of the molecule is Cc1cc(O)cc2c1C(=O)C(=Cc1ccccc1)O2. The fraction of sp³-hybridized carbons (Fsp3) is 0.0625. The third-order valence-corrected chi connectivity index (χ3v) is 3.05. The molecule has 0 radical (unpaired) electrons. The minimum absolute atomic E-state index is 0.102. The van der Waals surface area contributed by atoms with E-state index >= 15 is 0 Å². The van der Waals surface area contributed by atoms with Gasteiger partial charge in [0.1, 0.15) is 11.5 Å². The smallest absolute Gasteiger partial charge is 0.232 e. The lowest BCUT2D eigenvalue weighted by Crippen LogP contribution is -1.99. The standard InChI is InChI=1S/C16H12O3/c1-10-7-12(17)9-13-15(10)16(18)14(19-13)8-11-5-3-2-4-6-11/h2-9,17H,1H3. The number of ether oxygens (including phenoxy) is 1. The number of hydrogen-bond acceptors (Lipinski definition) is 3. The second kappa shape index (κ2) is 4.28. The van der Waals surface area contributed by atoms with Gasteiger partial charge in [-0.15, -0.1) is 0 Å². The Kier molecular flexibility index (Phi) is 2.60. The van der Waals surface area contributed by atoms with Crippen molar-refractivity contribution in [1.82, 2.24) is 0 Å². The Morgan fingerprint density at radius 2 is 1.89 bits per heavy atom. The maximum absolute atomic E-state index is 12.3. The summed E-state index contributed by atoms with van der Waals surface area (Å²) in [6.45, 7) is 1.78. The Labute approximate surface area is 110 Å². The molecule has 0 aromatic heterocycles. The lowest BCUT2D eigenvalue weighted by molar-refractivity contribution is 0.101. The zero-order valence-electron chi connectivity index (χ0n) is 10.4. The Morgan fingerprint density at radius 1 is 1.16 bits per heavy atom. The van der Waals surface area contributed by atoms with Crippen LogP contribution in [0.25, 0.3) is 6.08 Å². The van der Waals surface area contributed by atoms with Gasteiger partial charge in [-0.25, -0.2) is 0 Å². The highest BCUT2D eigenvalue weighted by Gasteiger charge is 2.29. The van der Waals surface area contributed by atoms with E-state index < -0.39 is 0 Å². The largest absolute Gasteiger partial charge is 0.508 e. The van der Waals surface area contributed by atoms with Gasteiger partial charge >= 0.3 is 0 Å². The number of aromatic hydroxyl groups is 1. The average Bonchev–Trinajstić information content (AvgIpc) is 2.67. The van der Waals surface area contributed by atoms with Gasteiger partial charge in [-0.1, -0.05) is 30.3 Å². The van der Waals surface area contributed by atoms with Gasteiger partial charge in [0.25, 0.3) is 0 Å². The number of phenolic OH excluding ortho intramolecular Hbond substituents is 1. The Bertz CT molecular complexity index is 685. The van der Waals surface area contributed by atoms with E-state index in [1.807, 2.05) is 30.3 Å². The molecule has 0 unspecified atom stereocenters. The first-order valence-corrected chi connectivity index (χ1v) is 5.98. The van der Waals surface area contributed by atoms with Crippen LogP contribution in [-0.4, -0.2) is 10.9 Å². The third-order valence-electron chi connectivity index (χ3n) is 3.05. The van der Waals surface area contributed by atoms with Gasteiger partial charge in [-0.3, -0.25) is 4.79 Å². The summed E-state index contributed by atoms with van der Waals surface area (Å²) in [5.41, 5.74) is 2.15. The van der Waals surface area contributed by atoms with E-state index in [-0.39, 0.29) is 17.3 Å². The van der Waals surface area contributed by atoms with Crippen molar-refractivity contribution in [1.29, 1.82) is 0 Å². The number of hydrogen-bond donors (Lipinski definition) is 1. The molecule has 0 atom stereocenters. The molecule has 3 heteroatoms. The molecular weight excluding hydrogens is 240 g/mol. The zero-order valence-corrected chi connectivity index (χ0v) is 10.4. The highest BCUT2D eigenvalue weighted by atomic mass is 16.5. The first-order valence-electron chi connectivity index (χ1n) is 5.98. The topological polar surface area (TPSA) is 46.5 Å². The first kappa shape index (κ1) is 11.5. The molecule has 0 amide bonds. The van der Waals surface area contributed by atoms with Crippen LogP contribution >= 0.6 is 0 Å². The Hall–Kier alpha value is -2.55. The highest BCUT2D eigenvalue weighted by molar-refractivity contribution is 6.15. The third kappa shape index (κ3) is 1.99. The van der Waals surface area contributed by atoms with Gasteiger partial charge in [0.05, 0.1) is 5.56 Å². The molecule has 0 saturated heterocycles. The predicted molar refractivity (Wildman–Crippen MR) is 72.2 cm³/mol. The van der Waals surface area contributed by atoms with Crippen molar-refractivity contribution in [2.24, 2.45) is 0 Å². The van der Waals surface area contributed by atoms with Crippen molar-refractivity contribution in [2.75, 3.05) is 0 Å². The van der Waals surface area contributed by atoms with E-state index in [0.29, 0.717) is 11.3 Å². The van der Waals surface area contributed by atoms with Gasteiger partial charge in [0.2, 0.25) is 5.78 Å². The number of carbonyl (C=O) groups is 1. The van der Waals surface area contributed by atoms with E-state index in [4.69, 9.17) is 4.74 Å². The van der Waals surface area contributed by atoms with E-state index in [2.05, 4.69) is 0 Å². The molecule has 94 valence electrons. The first-order chi connectivity index (χ1) is 9.15. The number of fused-ring (bicyclic) bond motifs is 1. The second-order valence-corrected chi connectivity index (χ2v) is 4.49. The van der Waals surface area contributed by atoms with Crippen molar-refractivity contribution >= 4 is 11.9 Å². The molecule has 1 heterocycles. The summed E-state index contributed by atoms with van der Waals surface area (Å²) in [6.07, 6.45) is 1.71. The van der Waals surface area contributed by atoms with E-state index in [1.54, 1.807) is 19.1 Å².